The van der Waals surface area contributed by atoms with Crippen LogP contribution in [0.5, 0.6) is 0 Å². The van der Waals surface area contributed by atoms with Gasteiger partial charge >= 0.3 is 13.9 Å². The van der Waals surface area contributed by atoms with Crippen LogP contribution in [0.2, 0.25) is 0 Å². The Morgan fingerprint density at radius 1 is 1.47 bits per heavy atom. The molecular weight excluding hydrogens is 226 g/mol. The molecular formula is C8H15FO5P-. The van der Waals surface area contributed by atoms with E-state index >= 15 is 0 Å². The minimum atomic E-state index is -5.21. The van der Waals surface area contributed by atoms with E-state index < -0.39 is 25.9 Å². The lowest BCUT2D eigenvalue weighted by Gasteiger charge is -2.20. The largest absolute Gasteiger partial charge is 0.753 e. The van der Waals surface area contributed by atoms with Crippen LogP contribution in [-0.2, 0) is 18.6 Å². The molecule has 0 fully saturated rings. The summed E-state index contributed by atoms with van der Waals surface area (Å²) in [6, 6.07) is 0. The van der Waals surface area contributed by atoms with Gasteiger partial charge in [0.25, 0.3) is 0 Å². The summed E-state index contributed by atoms with van der Waals surface area (Å²) in [5.74, 6) is -0.465. The van der Waals surface area contributed by atoms with Crippen LogP contribution in [0.15, 0.2) is 0 Å². The second-order valence-corrected chi connectivity index (χ2v) is 4.76. The van der Waals surface area contributed by atoms with Crippen LogP contribution >= 0.6 is 7.91 Å². The molecule has 1 atom stereocenters. The van der Waals surface area contributed by atoms with Gasteiger partial charge in [0.15, 0.2) is 0 Å². The van der Waals surface area contributed by atoms with E-state index in [1.165, 1.54) is 0 Å². The highest BCUT2D eigenvalue weighted by Crippen LogP contribution is 2.37. The first-order chi connectivity index (χ1) is 6.69. The molecule has 0 heterocycles. The zero-order chi connectivity index (χ0) is 12.1. The molecule has 90 valence electrons. The van der Waals surface area contributed by atoms with Gasteiger partial charge in [0.2, 0.25) is 0 Å². The summed E-state index contributed by atoms with van der Waals surface area (Å²) < 4.78 is 30.3. The molecule has 0 rings (SSSR count). The second kappa shape index (κ2) is 5.58. The van der Waals surface area contributed by atoms with Crippen molar-refractivity contribution in [3.8, 4) is 0 Å². The Morgan fingerprint density at radius 3 is 2.40 bits per heavy atom. The second-order valence-electron chi connectivity index (χ2n) is 3.64. The number of esters is 1. The third kappa shape index (κ3) is 6.60. The van der Waals surface area contributed by atoms with Crippen molar-refractivity contribution < 1.29 is 27.7 Å². The topological polar surface area (TPSA) is 75.7 Å². The third-order valence-corrected chi connectivity index (χ3v) is 2.49. The maximum absolute atomic E-state index is 11.9. The fourth-order valence-corrected chi connectivity index (χ4v) is 0.913. The van der Waals surface area contributed by atoms with Gasteiger partial charge in [0, 0.05) is 0 Å². The molecule has 0 saturated carbocycles. The van der Waals surface area contributed by atoms with Gasteiger partial charge in [0.1, 0.15) is 6.61 Å². The van der Waals surface area contributed by atoms with E-state index in [1.54, 1.807) is 13.8 Å². The summed E-state index contributed by atoms with van der Waals surface area (Å²) in [6.07, 6.45) is 0.593. The summed E-state index contributed by atoms with van der Waals surface area (Å²) in [7, 11) is -5.21. The number of halogens is 1. The average Bonchev–Trinajstić information content (AvgIpc) is 2.10. The monoisotopic (exact) mass is 241 g/mol. The first-order valence-electron chi connectivity index (χ1n) is 4.51. The fourth-order valence-electron chi connectivity index (χ4n) is 0.620. The van der Waals surface area contributed by atoms with E-state index in [9.17, 15) is 18.4 Å². The molecule has 0 radical (unpaired) electrons. The minimum Gasteiger partial charge on any atom is -0.753 e. The Kier molecular flexibility index (Phi) is 5.42. The number of hydrogen-bond acceptors (Lipinski definition) is 5. The Hall–Kier alpha value is -0.450. The SMILES string of the molecule is CCC(C)(C)C(=O)OCCOP(=O)([O-])F. The minimum absolute atomic E-state index is 0.279. The smallest absolute Gasteiger partial charge is 0.311 e. The highest BCUT2D eigenvalue weighted by atomic mass is 31.2. The summed E-state index contributed by atoms with van der Waals surface area (Å²) in [5.41, 5.74) is -0.628. The molecule has 7 heteroatoms. The quantitative estimate of drug-likeness (QED) is 0.399. The molecule has 0 spiro atoms. The highest BCUT2D eigenvalue weighted by Gasteiger charge is 2.26. The van der Waals surface area contributed by atoms with Gasteiger partial charge < -0.3 is 14.2 Å². The molecule has 0 aliphatic heterocycles. The van der Waals surface area contributed by atoms with Gasteiger partial charge in [-0.15, -0.1) is 0 Å². The number of ether oxygens (including phenoxy) is 1. The van der Waals surface area contributed by atoms with E-state index in [2.05, 4.69) is 4.52 Å². The predicted molar refractivity (Wildman–Crippen MR) is 49.7 cm³/mol. The zero-order valence-corrected chi connectivity index (χ0v) is 9.88. The van der Waals surface area contributed by atoms with Crippen LogP contribution in [0, 0.1) is 5.41 Å². The van der Waals surface area contributed by atoms with E-state index in [0.29, 0.717) is 6.42 Å². The molecule has 0 aliphatic rings. The molecule has 0 N–H and O–H groups in total. The van der Waals surface area contributed by atoms with E-state index in [-0.39, 0.29) is 6.61 Å². The van der Waals surface area contributed by atoms with Crippen LogP contribution in [0.4, 0.5) is 4.20 Å². The Morgan fingerprint density at radius 2 is 2.00 bits per heavy atom. The summed E-state index contributed by atoms with van der Waals surface area (Å²) >= 11 is 0. The zero-order valence-electron chi connectivity index (χ0n) is 8.99. The first kappa shape index (κ1) is 14.6. The van der Waals surface area contributed by atoms with Crippen molar-refractivity contribution in [2.75, 3.05) is 13.2 Å². The standard InChI is InChI=1S/C8H16FO5P/c1-4-8(2,3)7(10)13-5-6-14-15(9,11)12/h4-6H2,1-3H3,(H,11,12)/p-1. The maximum atomic E-state index is 11.9. The third-order valence-electron chi connectivity index (χ3n) is 2.00. The fraction of sp³-hybridized carbons (Fsp3) is 0.875. The molecule has 0 aromatic rings. The molecule has 0 bridgehead atoms. The number of rotatable bonds is 6. The summed E-state index contributed by atoms with van der Waals surface area (Å²) in [4.78, 5) is 21.2. The molecule has 0 aromatic heterocycles. The van der Waals surface area contributed by atoms with Crippen LogP contribution in [-0.4, -0.2) is 19.2 Å². The van der Waals surface area contributed by atoms with Crippen LogP contribution in [0.25, 0.3) is 0 Å². The normalized spacial score (nSPS) is 15.8. The van der Waals surface area contributed by atoms with E-state index in [0.717, 1.165) is 0 Å². The maximum Gasteiger partial charge on any atom is 0.311 e. The molecule has 0 saturated heterocycles. The number of hydrogen-bond donors (Lipinski definition) is 0. The van der Waals surface area contributed by atoms with Gasteiger partial charge in [-0.05, 0) is 20.3 Å². The van der Waals surface area contributed by atoms with E-state index in [4.69, 9.17) is 4.74 Å². The molecule has 0 amide bonds. The molecule has 0 aliphatic carbocycles. The predicted octanol–water partition coefficient (Wildman–Crippen LogP) is 1.42. The lowest BCUT2D eigenvalue weighted by Crippen LogP contribution is -2.27. The van der Waals surface area contributed by atoms with Crippen molar-refractivity contribution in [1.29, 1.82) is 0 Å². The van der Waals surface area contributed by atoms with Crippen LogP contribution in [0.3, 0.4) is 0 Å². The lowest BCUT2D eigenvalue weighted by molar-refractivity contribution is -0.213. The van der Waals surface area contributed by atoms with Crippen molar-refractivity contribution in [3.63, 3.8) is 0 Å². The van der Waals surface area contributed by atoms with Crippen molar-refractivity contribution in [2.24, 2.45) is 5.41 Å². The van der Waals surface area contributed by atoms with Crippen molar-refractivity contribution in [3.05, 3.63) is 0 Å². The highest BCUT2D eigenvalue weighted by molar-refractivity contribution is 7.45. The lowest BCUT2D eigenvalue weighted by atomic mass is 9.91. The molecule has 1 unspecified atom stereocenters. The summed E-state index contributed by atoms with van der Waals surface area (Å²) in [5, 5.41) is 0. The molecule has 5 nitrogen and oxygen atoms in total. The van der Waals surface area contributed by atoms with Gasteiger partial charge in [-0.25, -0.2) is 0 Å². The first-order valence-corrected chi connectivity index (χ1v) is 5.95. The Balaban J connectivity index is 3.79. The van der Waals surface area contributed by atoms with E-state index in [1.807, 2.05) is 6.92 Å². The molecule has 15 heavy (non-hydrogen) atoms. The summed E-state index contributed by atoms with van der Waals surface area (Å²) in [6.45, 7) is 4.44. The van der Waals surface area contributed by atoms with Gasteiger partial charge in [-0.1, -0.05) is 6.92 Å². The number of carbonyl (C=O) groups is 1. The molecule has 0 aromatic carbocycles. The van der Waals surface area contributed by atoms with Crippen molar-refractivity contribution >= 4 is 13.9 Å². The Labute approximate surface area is 88.2 Å². The van der Waals surface area contributed by atoms with Crippen molar-refractivity contribution in [1.82, 2.24) is 0 Å². The van der Waals surface area contributed by atoms with Gasteiger partial charge in [-0.3, -0.25) is 9.36 Å². The number of carbonyl (C=O) groups excluding carboxylic acids is 1. The van der Waals surface area contributed by atoms with Crippen LogP contribution < -0.4 is 4.89 Å². The average molecular weight is 241 g/mol. The Bertz CT molecular complexity index is 260. The van der Waals surface area contributed by atoms with Gasteiger partial charge in [-0.2, -0.15) is 4.20 Å². The van der Waals surface area contributed by atoms with Gasteiger partial charge in [0.05, 0.1) is 12.0 Å². The van der Waals surface area contributed by atoms with Crippen LogP contribution in [0.1, 0.15) is 27.2 Å². The van der Waals surface area contributed by atoms with Crippen molar-refractivity contribution in [2.45, 2.75) is 27.2 Å².